The molecule has 0 atom stereocenters. The molecule has 0 aromatic heterocycles. The number of nitrogens with two attached hydrogens (primary N) is 1. The Labute approximate surface area is 95.5 Å². The summed E-state index contributed by atoms with van der Waals surface area (Å²) in [5.74, 6) is -0.971. The molecule has 88 valence electrons. The van der Waals surface area contributed by atoms with Gasteiger partial charge in [0.15, 0.2) is 0 Å². The predicted octanol–water partition coefficient (Wildman–Crippen LogP) is 2.57. The number of rotatable bonds is 4. The van der Waals surface area contributed by atoms with Crippen LogP contribution in [0.15, 0.2) is 18.2 Å². The molecule has 0 heterocycles. The summed E-state index contributed by atoms with van der Waals surface area (Å²) in [5, 5.41) is 12.2. The average molecular weight is 222 g/mol. The highest BCUT2D eigenvalue weighted by Gasteiger charge is 2.20. The maximum atomic E-state index is 11.1. The highest BCUT2D eigenvalue weighted by atomic mass is 16.4. The fourth-order valence-corrected chi connectivity index (χ4v) is 1.31. The van der Waals surface area contributed by atoms with Crippen LogP contribution in [0, 0.1) is 0 Å². The maximum absolute atomic E-state index is 11.1. The van der Waals surface area contributed by atoms with Crippen molar-refractivity contribution in [2.24, 2.45) is 0 Å². The number of nitrogen functional groups attached to an aromatic ring is 1. The Hall–Kier alpha value is -1.71. The molecule has 16 heavy (non-hydrogen) atoms. The molecule has 1 aromatic carbocycles. The molecule has 1 rings (SSSR count). The second-order valence-corrected chi connectivity index (χ2v) is 4.44. The van der Waals surface area contributed by atoms with Crippen LogP contribution in [0.3, 0.4) is 0 Å². The zero-order valence-corrected chi connectivity index (χ0v) is 9.87. The van der Waals surface area contributed by atoms with Crippen molar-refractivity contribution in [1.29, 1.82) is 0 Å². The third-order valence-corrected chi connectivity index (χ3v) is 2.67. The molecular formula is C12H18N2O2. The molecule has 0 spiro atoms. The Kier molecular flexibility index (Phi) is 3.42. The van der Waals surface area contributed by atoms with Crippen LogP contribution in [-0.2, 0) is 0 Å². The zero-order valence-electron chi connectivity index (χ0n) is 9.87. The van der Waals surface area contributed by atoms with Gasteiger partial charge < -0.3 is 16.2 Å². The van der Waals surface area contributed by atoms with Gasteiger partial charge in [0.25, 0.3) is 0 Å². The van der Waals surface area contributed by atoms with Crippen LogP contribution in [-0.4, -0.2) is 16.6 Å². The van der Waals surface area contributed by atoms with Gasteiger partial charge in [0.05, 0.1) is 16.9 Å². The summed E-state index contributed by atoms with van der Waals surface area (Å²) < 4.78 is 0. The maximum Gasteiger partial charge on any atom is 0.337 e. The van der Waals surface area contributed by atoms with Crippen LogP contribution in [0.1, 0.15) is 37.6 Å². The molecule has 0 saturated heterocycles. The van der Waals surface area contributed by atoms with Gasteiger partial charge in [-0.15, -0.1) is 0 Å². The minimum absolute atomic E-state index is 0.181. The number of nitrogens with one attached hydrogen (secondary N) is 1. The van der Waals surface area contributed by atoms with Crippen molar-refractivity contribution >= 4 is 17.3 Å². The van der Waals surface area contributed by atoms with Gasteiger partial charge in [-0.25, -0.2) is 4.79 Å². The molecule has 4 N–H and O–H groups in total. The van der Waals surface area contributed by atoms with E-state index in [1.807, 2.05) is 20.8 Å². The van der Waals surface area contributed by atoms with Gasteiger partial charge >= 0.3 is 5.97 Å². The van der Waals surface area contributed by atoms with Crippen LogP contribution < -0.4 is 11.1 Å². The van der Waals surface area contributed by atoms with Crippen molar-refractivity contribution in [3.63, 3.8) is 0 Å². The van der Waals surface area contributed by atoms with E-state index in [-0.39, 0.29) is 11.1 Å². The first-order valence-electron chi connectivity index (χ1n) is 5.27. The summed E-state index contributed by atoms with van der Waals surface area (Å²) in [5.41, 5.74) is 6.79. The summed E-state index contributed by atoms with van der Waals surface area (Å²) in [6.07, 6.45) is 0.875. The lowest BCUT2D eigenvalue weighted by atomic mass is 10.00. The highest BCUT2D eigenvalue weighted by Crippen LogP contribution is 2.27. The summed E-state index contributed by atoms with van der Waals surface area (Å²) >= 11 is 0. The van der Waals surface area contributed by atoms with Gasteiger partial charge in [0.2, 0.25) is 0 Å². The lowest BCUT2D eigenvalue weighted by Gasteiger charge is -2.27. The lowest BCUT2D eigenvalue weighted by Crippen LogP contribution is -2.31. The Morgan fingerprint density at radius 1 is 1.50 bits per heavy atom. The Bertz CT molecular complexity index is 400. The van der Waals surface area contributed by atoms with Gasteiger partial charge in [-0.2, -0.15) is 0 Å². The van der Waals surface area contributed by atoms with E-state index in [1.165, 1.54) is 0 Å². The number of carboxylic acid groups (broad SMARTS) is 1. The fourth-order valence-electron chi connectivity index (χ4n) is 1.31. The summed E-state index contributed by atoms with van der Waals surface area (Å²) in [7, 11) is 0. The number of hydrogen-bond donors (Lipinski definition) is 3. The van der Waals surface area contributed by atoms with E-state index >= 15 is 0 Å². The summed E-state index contributed by atoms with van der Waals surface area (Å²) in [6.45, 7) is 6.04. The molecule has 4 nitrogen and oxygen atoms in total. The molecule has 0 radical (unpaired) electrons. The van der Waals surface area contributed by atoms with E-state index < -0.39 is 5.97 Å². The number of aromatic carboxylic acids is 1. The Morgan fingerprint density at radius 3 is 2.62 bits per heavy atom. The van der Waals surface area contributed by atoms with Crippen molar-refractivity contribution in [2.45, 2.75) is 32.7 Å². The fraction of sp³-hybridized carbons (Fsp3) is 0.417. The van der Waals surface area contributed by atoms with Gasteiger partial charge in [-0.1, -0.05) is 13.0 Å². The third kappa shape index (κ3) is 2.66. The molecule has 1 aromatic rings. The molecule has 0 amide bonds. The second-order valence-electron chi connectivity index (χ2n) is 4.44. The number of para-hydroxylation sites is 1. The molecule has 0 aliphatic heterocycles. The SMILES string of the molecule is CCC(C)(C)Nc1c(N)cccc1C(=O)O. The number of anilines is 2. The van der Waals surface area contributed by atoms with E-state index in [4.69, 9.17) is 10.8 Å². The number of hydrogen-bond acceptors (Lipinski definition) is 3. The molecule has 0 fully saturated rings. The van der Waals surface area contributed by atoms with Crippen molar-refractivity contribution in [1.82, 2.24) is 0 Å². The van der Waals surface area contributed by atoms with E-state index in [0.29, 0.717) is 11.4 Å². The Morgan fingerprint density at radius 2 is 2.12 bits per heavy atom. The van der Waals surface area contributed by atoms with Crippen molar-refractivity contribution in [2.75, 3.05) is 11.1 Å². The van der Waals surface area contributed by atoms with Crippen LogP contribution in [0.4, 0.5) is 11.4 Å². The molecule has 0 aliphatic carbocycles. The molecule has 0 unspecified atom stereocenters. The number of carbonyl (C=O) groups is 1. The normalized spacial score (nSPS) is 11.2. The molecule has 0 saturated carbocycles. The van der Waals surface area contributed by atoms with Gasteiger partial charge in [-0.05, 0) is 32.4 Å². The van der Waals surface area contributed by atoms with Crippen LogP contribution in [0.2, 0.25) is 0 Å². The largest absolute Gasteiger partial charge is 0.478 e. The van der Waals surface area contributed by atoms with Gasteiger partial charge in [-0.3, -0.25) is 0 Å². The molecular weight excluding hydrogens is 204 g/mol. The topological polar surface area (TPSA) is 75.3 Å². The number of carboxylic acids is 1. The Balaban J connectivity index is 3.16. The van der Waals surface area contributed by atoms with E-state index in [1.54, 1.807) is 18.2 Å². The van der Waals surface area contributed by atoms with Crippen molar-refractivity contribution < 1.29 is 9.90 Å². The zero-order chi connectivity index (χ0) is 12.3. The summed E-state index contributed by atoms with van der Waals surface area (Å²) in [4.78, 5) is 11.1. The minimum Gasteiger partial charge on any atom is -0.478 e. The quantitative estimate of drug-likeness (QED) is 0.684. The average Bonchev–Trinajstić information content (AvgIpc) is 2.20. The van der Waals surface area contributed by atoms with Gasteiger partial charge in [0.1, 0.15) is 0 Å². The van der Waals surface area contributed by atoms with Crippen LogP contribution in [0.25, 0.3) is 0 Å². The minimum atomic E-state index is -0.971. The first-order chi connectivity index (χ1) is 7.37. The molecule has 0 bridgehead atoms. The molecule has 4 heteroatoms. The first kappa shape index (κ1) is 12.4. The van der Waals surface area contributed by atoms with Crippen LogP contribution in [0.5, 0.6) is 0 Å². The van der Waals surface area contributed by atoms with Gasteiger partial charge in [0, 0.05) is 5.54 Å². The van der Waals surface area contributed by atoms with E-state index in [0.717, 1.165) is 6.42 Å². The predicted molar refractivity (Wildman–Crippen MR) is 65.8 cm³/mol. The second kappa shape index (κ2) is 4.43. The van der Waals surface area contributed by atoms with E-state index in [2.05, 4.69) is 5.32 Å². The van der Waals surface area contributed by atoms with Crippen molar-refractivity contribution in [3.8, 4) is 0 Å². The van der Waals surface area contributed by atoms with Crippen molar-refractivity contribution in [3.05, 3.63) is 23.8 Å². The molecule has 0 aliphatic rings. The standard InChI is InChI=1S/C12H18N2O2/c1-4-12(2,3)14-10-8(11(15)16)6-5-7-9(10)13/h5-7,14H,4,13H2,1-3H3,(H,15,16). The third-order valence-electron chi connectivity index (χ3n) is 2.67. The van der Waals surface area contributed by atoms with Crippen LogP contribution >= 0.6 is 0 Å². The smallest absolute Gasteiger partial charge is 0.337 e. The first-order valence-corrected chi connectivity index (χ1v) is 5.27. The van der Waals surface area contributed by atoms with E-state index in [9.17, 15) is 4.79 Å². The summed E-state index contributed by atoms with van der Waals surface area (Å²) in [6, 6.07) is 4.89. The monoisotopic (exact) mass is 222 g/mol. The number of benzene rings is 1. The highest BCUT2D eigenvalue weighted by molar-refractivity contribution is 5.97. The lowest BCUT2D eigenvalue weighted by molar-refractivity contribution is 0.0698.